The highest BCUT2D eigenvalue weighted by molar-refractivity contribution is 6.14. The zero-order valence-electron chi connectivity index (χ0n) is 11.0. The summed E-state index contributed by atoms with van der Waals surface area (Å²) in [4.78, 5) is 27.2. The highest BCUT2D eigenvalue weighted by Gasteiger charge is 2.14. The van der Waals surface area contributed by atoms with Crippen molar-refractivity contribution in [2.75, 3.05) is 0 Å². The first-order valence-electron chi connectivity index (χ1n) is 6.00. The fraction of sp³-hybridized carbons (Fsp3) is 0.0625. The maximum Gasteiger partial charge on any atom is 0.337 e. The highest BCUT2D eigenvalue weighted by Crippen LogP contribution is 2.14. The smallest absolute Gasteiger partial charge is 0.337 e. The zero-order chi connectivity index (χ0) is 14.7. The molecule has 2 aromatic rings. The number of hydrogen-bond acceptors (Lipinski definition) is 3. The molecule has 20 heavy (non-hydrogen) atoms. The van der Waals surface area contributed by atoms with E-state index in [1.54, 1.807) is 24.3 Å². The number of aromatic nitrogens is 1. The third-order valence-corrected chi connectivity index (χ3v) is 2.86. The van der Waals surface area contributed by atoms with Crippen LogP contribution in [0.1, 0.15) is 27.3 Å². The molecule has 100 valence electrons. The van der Waals surface area contributed by atoms with Gasteiger partial charge in [0.1, 0.15) is 5.69 Å². The Bertz CT molecular complexity index is 687. The summed E-state index contributed by atoms with van der Waals surface area (Å²) < 4.78 is 0. The molecule has 0 atom stereocenters. The predicted molar refractivity (Wildman–Crippen MR) is 75.5 cm³/mol. The number of carboxylic acids is 1. The Hall–Kier alpha value is -2.75. The van der Waals surface area contributed by atoms with E-state index in [1.807, 2.05) is 19.1 Å². The average Bonchev–Trinajstić information content (AvgIpc) is 2.46. The van der Waals surface area contributed by atoms with Crippen LogP contribution in [0.3, 0.4) is 0 Å². The summed E-state index contributed by atoms with van der Waals surface area (Å²) in [5.41, 5.74) is 1.83. The molecular formula is C16H13NO3. The van der Waals surface area contributed by atoms with Crippen LogP contribution in [0.2, 0.25) is 0 Å². The molecule has 0 bridgehead atoms. The van der Waals surface area contributed by atoms with Gasteiger partial charge in [-0.05, 0) is 19.1 Å². The fourth-order valence-electron chi connectivity index (χ4n) is 1.69. The maximum absolute atomic E-state index is 12.3. The maximum atomic E-state index is 12.3. The Balaban J connectivity index is 2.36. The van der Waals surface area contributed by atoms with Gasteiger partial charge in [-0.2, -0.15) is 0 Å². The molecule has 0 aliphatic carbocycles. The van der Waals surface area contributed by atoms with Gasteiger partial charge in [-0.15, -0.1) is 0 Å². The largest absolute Gasteiger partial charge is 0.478 e. The summed E-state index contributed by atoms with van der Waals surface area (Å²) in [6, 6.07) is 11.8. The van der Waals surface area contributed by atoms with Crippen molar-refractivity contribution in [2.24, 2.45) is 0 Å². The molecule has 0 amide bonds. The molecule has 0 saturated carbocycles. The van der Waals surface area contributed by atoms with Crippen molar-refractivity contribution in [3.05, 3.63) is 71.6 Å². The Kier molecular flexibility index (Phi) is 3.75. The molecule has 2 rings (SSSR count). The van der Waals surface area contributed by atoms with Crippen LogP contribution in [-0.2, 0) is 4.79 Å². The van der Waals surface area contributed by atoms with Gasteiger partial charge in [0.25, 0.3) is 0 Å². The monoisotopic (exact) mass is 267 g/mol. The summed E-state index contributed by atoms with van der Waals surface area (Å²) in [5, 5.41) is 8.89. The van der Waals surface area contributed by atoms with Crippen LogP contribution < -0.4 is 0 Å². The first kappa shape index (κ1) is 13.7. The number of carboxylic acid groups (broad SMARTS) is 1. The lowest BCUT2D eigenvalue weighted by atomic mass is 10.1. The minimum Gasteiger partial charge on any atom is -0.478 e. The highest BCUT2D eigenvalue weighted by atomic mass is 16.4. The van der Waals surface area contributed by atoms with E-state index in [-0.39, 0.29) is 22.7 Å². The molecule has 0 unspecified atom stereocenters. The molecule has 0 aliphatic heterocycles. The van der Waals surface area contributed by atoms with Crippen molar-refractivity contribution in [3.63, 3.8) is 0 Å². The predicted octanol–water partition coefficient (Wildman–Crippen LogP) is 2.72. The number of aryl methyl sites for hydroxylation is 1. The summed E-state index contributed by atoms with van der Waals surface area (Å²) in [6.45, 7) is 5.37. The molecule has 4 heteroatoms. The zero-order valence-corrected chi connectivity index (χ0v) is 11.0. The van der Waals surface area contributed by atoms with Crippen LogP contribution in [0.15, 0.2) is 49.0 Å². The van der Waals surface area contributed by atoms with Gasteiger partial charge in [-0.3, -0.25) is 4.79 Å². The SMILES string of the molecule is C=C(C(=O)O)c1cccc(C(=O)c2ccc(C)cc2)n1. The number of aliphatic carboxylic acids is 1. The number of hydrogen-bond donors (Lipinski definition) is 1. The molecule has 1 aromatic heterocycles. The minimum absolute atomic E-state index is 0.136. The van der Waals surface area contributed by atoms with E-state index in [2.05, 4.69) is 11.6 Å². The van der Waals surface area contributed by atoms with E-state index in [4.69, 9.17) is 5.11 Å². The second-order valence-electron chi connectivity index (χ2n) is 4.39. The second-order valence-corrected chi connectivity index (χ2v) is 4.39. The average molecular weight is 267 g/mol. The van der Waals surface area contributed by atoms with E-state index < -0.39 is 5.97 Å². The summed E-state index contributed by atoms with van der Waals surface area (Å²) in [7, 11) is 0. The van der Waals surface area contributed by atoms with Gasteiger partial charge in [0.05, 0.1) is 11.3 Å². The van der Waals surface area contributed by atoms with Crippen LogP contribution in [0, 0.1) is 6.92 Å². The van der Waals surface area contributed by atoms with Crippen LogP contribution >= 0.6 is 0 Å². The molecule has 0 spiro atoms. The molecule has 0 fully saturated rings. The normalized spacial score (nSPS) is 10.1. The third kappa shape index (κ3) is 2.80. The van der Waals surface area contributed by atoms with Crippen molar-refractivity contribution in [3.8, 4) is 0 Å². The fourth-order valence-corrected chi connectivity index (χ4v) is 1.69. The van der Waals surface area contributed by atoms with Crippen LogP contribution in [0.4, 0.5) is 0 Å². The van der Waals surface area contributed by atoms with E-state index in [0.717, 1.165) is 5.56 Å². The van der Waals surface area contributed by atoms with E-state index in [9.17, 15) is 9.59 Å². The first-order chi connectivity index (χ1) is 9.49. The van der Waals surface area contributed by atoms with Gasteiger partial charge < -0.3 is 5.11 Å². The lowest BCUT2D eigenvalue weighted by Gasteiger charge is -2.04. The van der Waals surface area contributed by atoms with E-state index >= 15 is 0 Å². The molecule has 1 N–H and O–H groups in total. The molecule has 0 radical (unpaired) electrons. The lowest BCUT2D eigenvalue weighted by Crippen LogP contribution is -2.07. The Labute approximate surface area is 116 Å². The summed E-state index contributed by atoms with van der Waals surface area (Å²) >= 11 is 0. The van der Waals surface area contributed by atoms with Crippen molar-refractivity contribution in [2.45, 2.75) is 6.92 Å². The number of rotatable bonds is 4. The van der Waals surface area contributed by atoms with Gasteiger partial charge in [-0.25, -0.2) is 9.78 Å². The molecule has 4 nitrogen and oxygen atoms in total. The summed E-state index contributed by atoms with van der Waals surface area (Å²) in [6.07, 6.45) is 0. The van der Waals surface area contributed by atoms with Crippen LogP contribution in [0.5, 0.6) is 0 Å². The number of benzene rings is 1. The Morgan fingerprint density at radius 3 is 2.25 bits per heavy atom. The number of carbonyl (C=O) groups excluding carboxylic acids is 1. The van der Waals surface area contributed by atoms with Gasteiger partial charge >= 0.3 is 5.97 Å². The van der Waals surface area contributed by atoms with Crippen LogP contribution in [0.25, 0.3) is 5.57 Å². The van der Waals surface area contributed by atoms with Crippen molar-refractivity contribution < 1.29 is 14.7 Å². The number of nitrogens with zero attached hydrogens (tertiary/aromatic N) is 1. The van der Waals surface area contributed by atoms with E-state index in [1.165, 1.54) is 6.07 Å². The second kappa shape index (κ2) is 5.48. The van der Waals surface area contributed by atoms with Crippen molar-refractivity contribution in [1.29, 1.82) is 0 Å². The van der Waals surface area contributed by atoms with Crippen molar-refractivity contribution >= 4 is 17.3 Å². The van der Waals surface area contributed by atoms with E-state index in [0.29, 0.717) is 5.56 Å². The third-order valence-electron chi connectivity index (χ3n) is 2.86. The summed E-state index contributed by atoms with van der Waals surface area (Å²) in [5.74, 6) is -1.40. The molecular weight excluding hydrogens is 254 g/mol. The number of ketones is 1. The van der Waals surface area contributed by atoms with Crippen molar-refractivity contribution in [1.82, 2.24) is 4.98 Å². The number of pyridine rings is 1. The lowest BCUT2D eigenvalue weighted by molar-refractivity contribution is -0.130. The van der Waals surface area contributed by atoms with Gasteiger partial charge in [0.15, 0.2) is 0 Å². The Morgan fingerprint density at radius 1 is 1.05 bits per heavy atom. The quantitative estimate of drug-likeness (QED) is 0.683. The number of carbonyl (C=O) groups is 2. The molecule has 0 aliphatic rings. The Morgan fingerprint density at radius 2 is 1.65 bits per heavy atom. The van der Waals surface area contributed by atoms with Crippen LogP contribution in [-0.4, -0.2) is 21.8 Å². The molecule has 1 heterocycles. The minimum atomic E-state index is -1.16. The standard InChI is InChI=1S/C16H13NO3/c1-10-6-8-12(9-7-10)15(18)14-5-3-4-13(17-14)11(2)16(19)20/h3-9H,2H2,1H3,(H,19,20). The topological polar surface area (TPSA) is 67.3 Å². The molecule has 1 aromatic carbocycles. The first-order valence-corrected chi connectivity index (χ1v) is 6.00. The van der Waals surface area contributed by atoms with Gasteiger partial charge in [0, 0.05) is 5.56 Å². The van der Waals surface area contributed by atoms with Gasteiger partial charge in [-0.1, -0.05) is 42.5 Å². The molecule has 0 saturated heterocycles. The van der Waals surface area contributed by atoms with Gasteiger partial charge in [0.2, 0.25) is 5.78 Å².